The van der Waals surface area contributed by atoms with Gasteiger partial charge in [-0.25, -0.2) is 0 Å². The molecule has 0 radical (unpaired) electrons. The van der Waals surface area contributed by atoms with Crippen molar-refractivity contribution in [1.82, 2.24) is 10.3 Å². The molecule has 98 valence electrons. The van der Waals surface area contributed by atoms with Crippen molar-refractivity contribution >= 4 is 11.6 Å². The van der Waals surface area contributed by atoms with Gasteiger partial charge >= 0.3 is 0 Å². The fourth-order valence-electron chi connectivity index (χ4n) is 1.76. The number of anilines is 1. The highest BCUT2D eigenvalue weighted by atomic mass is 16.1. The number of nitrogens with one attached hydrogen (secondary N) is 1. The van der Waals surface area contributed by atoms with Crippen LogP contribution >= 0.6 is 0 Å². The maximum atomic E-state index is 11.7. The number of nitrogens with zero attached hydrogens (tertiary/aromatic N) is 1. The number of hydrogen-bond acceptors (Lipinski definition) is 3. The molecular formula is C15H17N3O. The number of carbonyl (C=O) groups is 1. The Bertz CT molecular complexity index is 523. The minimum Gasteiger partial charge on any atom is -0.397 e. The first-order chi connectivity index (χ1) is 9.24. The molecule has 2 aromatic rings. The highest BCUT2D eigenvalue weighted by Crippen LogP contribution is 2.02. The maximum Gasteiger partial charge on any atom is 0.226 e. The molecule has 4 heteroatoms. The van der Waals surface area contributed by atoms with Crippen LogP contribution in [0.15, 0.2) is 48.7 Å². The lowest BCUT2D eigenvalue weighted by molar-refractivity contribution is -0.120. The van der Waals surface area contributed by atoms with Gasteiger partial charge in [-0.1, -0.05) is 30.3 Å². The zero-order valence-corrected chi connectivity index (χ0v) is 10.7. The Morgan fingerprint density at radius 2 is 1.95 bits per heavy atom. The zero-order chi connectivity index (χ0) is 13.5. The van der Waals surface area contributed by atoms with E-state index in [0.29, 0.717) is 12.2 Å². The molecule has 1 aromatic carbocycles. The van der Waals surface area contributed by atoms with Gasteiger partial charge in [-0.15, -0.1) is 0 Å². The lowest BCUT2D eigenvalue weighted by Crippen LogP contribution is -2.27. The normalized spacial score (nSPS) is 10.1. The highest BCUT2D eigenvalue weighted by molar-refractivity contribution is 5.78. The quantitative estimate of drug-likeness (QED) is 0.852. The molecule has 0 fully saturated rings. The molecule has 1 aromatic heterocycles. The number of aromatic nitrogens is 1. The molecule has 0 aliphatic rings. The van der Waals surface area contributed by atoms with Crippen LogP contribution in [0.3, 0.4) is 0 Å². The van der Waals surface area contributed by atoms with E-state index in [1.165, 1.54) is 5.56 Å². The minimum atomic E-state index is -0.0202. The van der Waals surface area contributed by atoms with Crippen LogP contribution in [0.5, 0.6) is 0 Å². The summed E-state index contributed by atoms with van der Waals surface area (Å²) in [7, 11) is 0. The Morgan fingerprint density at radius 3 is 2.63 bits per heavy atom. The van der Waals surface area contributed by atoms with Crippen LogP contribution in [0.2, 0.25) is 0 Å². The molecule has 3 N–H and O–H groups in total. The number of carbonyl (C=O) groups excluding carboxylic acids is 1. The van der Waals surface area contributed by atoms with E-state index in [1.54, 1.807) is 18.3 Å². The van der Waals surface area contributed by atoms with Crippen LogP contribution in [0.4, 0.5) is 5.69 Å². The molecule has 19 heavy (non-hydrogen) atoms. The van der Waals surface area contributed by atoms with Gasteiger partial charge in [0.2, 0.25) is 5.91 Å². The van der Waals surface area contributed by atoms with Crippen molar-refractivity contribution in [3.05, 3.63) is 59.9 Å². The average Bonchev–Trinajstić information content (AvgIpc) is 2.43. The Morgan fingerprint density at radius 1 is 1.16 bits per heavy atom. The van der Waals surface area contributed by atoms with E-state index in [9.17, 15) is 4.79 Å². The second-order valence-corrected chi connectivity index (χ2v) is 4.35. The number of hydrogen-bond donors (Lipinski definition) is 2. The minimum absolute atomic E-state index is 0.0202. The van der Waals surface area contributed by atoms with Crippen molar-refractivity contribution in [1.29, 1.82) is 0 Å². The summed E-state index contributed by atoms with van der Waals surface area (Å²) in [5, 5.41) is 2.88. The highest BCUT2D eigenvalue weighted by Gasteiger charge is 2.03. The van der Waals surface area contributed by atoms with E-state index < -0.39 is 0 Å². The van der Waals surface area contributed by atoms with Gasteiger partial charge in [0.25, 0.3) is 0 Å². The van der Waals surface area contributed by atoms with Gasteiger partial charge in [0, 0.05) is 12.2 Å². The predicted octanol–water partition coefficient (Wildman–Crippen LogP) is 1.57. The Balaban J connectivity index is 1.74. The van der Waals surface area contributed by atoms with E-state index in [-0.39, 0.29) is 12.3 Å². The van der Waals surface area contributed by atoms with Crippen LogP contribution in [0, 0.1) is 0 Å². The van der Waals surface area contributed by atoms with Gasteiger partial charge in [0.05, 0.1) is 18.3 Å². The third-order valence-electron chi connectivity index (χ3n) is 2.77. The standard InChI is InChI=1S/C15H17N3O/c16-13-6-7-14(18-11-13)10-15(19)17-9-8-12-4-2-1-3-5-12/h1-7,11H,8-10,16H2,(H,17,19). The van der Waals surface area contributed by atoms with E-state index in [0.717, 1.165) is 12.1 Å². The molecule has 0 bridgehead atoms. The Kier molecular flexibility index (Phi) is 4.50. The van der Waals surface area contributed by atoms with Crippen molar-refractivity contribution in [3.8, 4) is 0 Å². The van der Waals surface area contributed by atoms with Crippen molar-refractivity contribution < 1.29 is 4.79 Å². The summed E-state index contributed by atoms with van der Waals surface area (Å²) in [6.45, 7) is 0.637. The average molecular weight is 255 g/mol. The summed E-state index contributed by atoms with van der Waals surface area (Å²) in [5.41, 5.74) is 8.09. The van der Waals surface area contributed by atoms with Gasteiger partial charge in [0.1, 0.15) is 0 Å². The van der Waals surface area contributed by atoms with Crippen LogP contribution in [-0.2, 0) is 17.6 Å². The number of nitrogens with two attached hydrogens (primary N) is 1. The molecule has 0 unspecified atom stereocenters. The van der Waals surface area contributed by atoms with Gasteiger partial charge < -0.3 is 11.1 Å². The summed E-state index contributed by atoms with van der Waals surface area (Å²) in [6, 6.07) is 13.6. The van der Waals surface area contributed by atoms with Crippen LogP contribution in [-0.4, -0.2) is 17.4 Å². The van der Waals surface area contributed by atoms with Crippen molar-refractivity contribution in [2.45, 2.75) is 12.8 Å². The van der Waals surface area contributed by atoms with E-state index >= 15 is 0 Å². The van der Waals surface area contributed by atoms with Gasteiger partial charge in [-0.05, 0) is 24.1 Å². The SMILES string of the molecule is Nc1ccc(CC(=O)NCCc2ccccc2)nc1. The van der Waals surface area contributed by atoms with Crippen LogP contribution < -0.4 is 11.1 Å². The summed E-state index contributed by atoms with van der Waals surface area (Å²) < 4.78 is 0. The first kappa shape index (κ1) is 13.1. The van der Waals surface area contributed by atoms with Gasteiger partial charge in [-0.2, -0.15) is 0 Å². The molecule has 0 aliphatic heterocycles. The smallest absolute Gasteiger partial charge is 0.226 e. The molecule has 2 rings (SSSR count). The molecule has 0 atom stereocenters. The summed E-state index contributed by atoms with van der Waals surface area (Å²) >= 11 is 0. The topological polar surface area (TPSA) is 68.0 Å². The monoisotopic (exact) mass is 255 g/mol. The number of amides is 1. The number of nitrogen functional groups attached to an aromatic ring is 1. The summed E-state index contributed by atoms with van der Waals surface area (Å²) in [5.74, 6) is -0.0202. The molecule has 4 nitrogen and oxygen atoms in total. The van der Waals surface area contributed by atoms with E-state index in [1.807, 2.05) is 30.3 Å². The molecule has 1 amide bonds. The molecular weight excluding hydrogens is 238 g/mol. The molecule has 0 saturated heterocycles. The summed E-state index contributed by atoms with van der Waals surface area (Å²) in [6.07, 6.45) is 2.68. The van der Waals surface area contributed by atoms with Crippen molar-refractivity contribution in [3.63, 3.8) is 0 Å². The predicted molar refractivity (Wildman–Crippen MR) is 75.5 cm³/mol. The Labute approximate surface area is 112 Å². The first-order valence-corrected chi connectivity index (χ1v) is 6.25. The third kappa shape index (κ3) is 4.43. The summed E-state index contributed by atoms with van der Waals surface area (Å²) in [4.78, 5) is 15.8. The zero-order valence-electron chi connectivity index (χ0n) is 10.7. The van der Waals surface area contributed by atoms with E-state index in [4.69, 9.17) is 5.73 Å². The van der Waals surface area contributed by atoms with Gasteiger partial charge in [0.15, 0.2) is 0 Å². The second-order valence-electron chi connectivity index (χ2n) is 4.35. The largest absolute Gasteiger partial charge is 0.397 e. The van der Waals surface area contributed by atoms with Crippen LogP contribution in [0.25, 0.3) is 0 Å². The van der Waals surface area contributed by atoms with E-state index in [2.05, 4.69) is 10.3 Å². The van der Waals surface area contributed by atoms with Crippen molar-refractivity contribution in [2.75, 3.05) is 12.3 Å². The Hall–Kier alpha value is -2.36. The molecule has 0 aliphatic carbocycles. The lowest BCUT2D eigenvalue weighted by atomic mass is 10.1. The van der Waals surface area contributed by atoms with Crippen LogP contribution in [0.1, 0.15) is 11.3 Å². The molecule has 1 heterocycles. The number of benzene rings is 1. The first-order valence-electron chi connectivity index (χ1n) is 6.25. The fraction of sp³-hybridized carbons (Fsp3) is 0.200. The second kappa shape index (κ2) is 6.54. The van der Waals surface area contributed by atoms with Crippen molar-refractivity contribution in [2.24, 2.45) is 0 Å². The number of rotatable bonds is 5. The fourth-order valence-corrected chi connectivity index (χ4v) is 1.76. The third-order valence-corrected chi connectivity index (χ3v) is 2.77. The lowest BCUT2D eigenvalue weighted by Gasteiger charge is -2.05. The number of pyridine rings is 1. The van der Waals surface area contributed by atoms with Gasteiger partial charge in [-0.3, -0.25) is 9.78 Å². The molecule has 0 saturated carbocycles. The maximum absolute atomic E-state index is 11.7. The molecule has 0 spiro atoms.